The van der Waals surface area contributed by atoms with Crippen LogP contribution in [-0.4, -0.2) is 20.6 Å². The van der Waals surface area contributed by atoms with Crippen molar-refractivity contribution in [1.82, 2.24) is 9.55 Å². The molecular formula is C5H5BrN2O2. The van der Waals surface area contributed by atoms with E-state index in [0.29, 0.717) is 4.60 Å². The predicted molar refractivity (Wildman–Crippen MR) is 37.9 cm³/mol. The smallest absolute Gasteiger partial charge is 0.372 e. The van der Waals surface area contributed by atoms with Gasteiger partial charge in [-0.1, -0.05) is 0 Å². The molecule has 0 atom stereocenters. The molecule has 1 N–H and O–H groups in total. The van der Waals surface area contributed by atoms with Gasteiger partial charge in [0.15, 0.2) is 0 Å². The van der Waals surface area contributed by atoms with E-state index in [1.165, 1.54) is 10.8 Å². The van der Waals surface area contributed by atoms with Crippen molar-refractivity contribution < 1.29 is 9.90 Å². The van der Waals surface area contributed by atoms with E-state index in [4.69, 9.17) is 5.11 Å². The van der Waals surface area contributed by atoms with Gasteiger partial charge in [-0.2, -0.15) is 0 Å². The van der Waals surface area contributed by atoms with E-state index >= 15 is 0 Å². The average Bonchev–Trinajstić information content (AvgIpc) is 2.14. The summed E-state index contributed by atoms with van der Waals surface area (Å²) in [6.45, 7) is 0. The Morgan fingerprint density at radius 3 is 2.70 bits per heavy atom. The first-order valence-electron chi connectivity index (χ1n) is 2.53. The van der Waals surface area contributed by atoms with Gasteiger partial charge in [0.1, 0.15) is 4.60 Å². The highest BCUT2D eigenvalue weighted by Crippen LogP contribution is 2.09. The van der Waals surface area contributed by atoms with Crippen molar-refractivity contribution >= 4 is 21.9 Å². The van der Waals surface area contributed by atoms with Gasteiger partial charge in [-0.15, -0.1) is 0 Å². The molecule has 1 aromatic rings. The van der Waals surface area contributed by atoms with Gasteiger partial charge in [-0.25, -0.2) is 9.78 Å². The summed E-state index contributed by atoms with van der Waals surface area (Å²) in [5.74, 6) is -0.986. The van der Waals surface area contributed by atoms with Crippen LogP contribution in [0.3, 0.4) is 0 Å². The predicted octanol–water partition coefficient (Wildman–Crippen LogP) is 0.881. The van der Waals surface area contributed by atoms with Crippen LogP contribution >= 0.6 is 15.9 Å². The molecule has 5 heteroatoms. The second-order valence-electron chi connectivity index (χ2n) is 1.77. The van der Waals surface area contributed by atoms with Crippen LogP contribution < -0.4 is 0 Å². The topological polar surface area (TPSA) is 55.1 Å². The number of aromatic nitrogens is 2. The first-order chi connectivity index (χ1) is 4.63. The highest BCUT2D eigenvalue weighted by atomic mass is 79.9. The molecule has 0 unspecified atom stereocenters. The van der Waals surface area contributed by atoms with E-state index < -0.39 is 5.97 Å². The number of imidazole rings is 1. The Bertz CT molecular complexity index is 269. The first-order valence-corrected chi connectivity index (χ1v) is 3.32. The van der Waals surface area contributed by atoms with E-state index in [9.17, 15) is 4.79 Å². The fourth-order valence-electron chi connectivity index (χ4n) is 0.587. The Labute approximate surface area is 65.6 Å². The van der Waals surface area contributed by atoms with Gasteiger partial charge in [0.2, 0.25) is 5.82 Å². The number of carbonyl (C=O) groups is 1. The highest BCUT2D eigenvalue weighted by Gasteiger charge is 2.10. The van der Waals surface area contributed by atoms with Crippen molar-refractivity contribution in [3.63, 3.8) is 0 Å². The Morgan fingerprint density at radius 1 is 1.90 bits per heavy atom. The molecule has 0 aliphatic heterocycles. The maximum atomic E-state index is 10.3. The molecule has 1 heterocycles. The summed E-state index contributed by atoms with van der Waals surface area (Å²) in [6.07, 6.45) is 1.45. The maximum absolute atomic E-state index is 10.3. The number of aromatic carboxylic acids is 1. The molecule has 0 spiro atoms. The number of hydrogen-bond acceptors (Lipinski definition) is 2. The van der Waals surface area contributed by atoms with Crippen LogP contribution in [0.25, 0.3) is 0 Å². The zero-order valence-corrected chi connectivity index (χ0v) is 6.79. The molecule has 10 heavy (non-hydrogen) atoms. The van der Waals surface area contributed by atoms with Gasteiger partial charge in [-0.05, 0) is 15.9 Å². The third kappa shape index (κ3) is 1.04. The molecule has 0 aromatic carbocycles. The fourth-order valence-corrected chi connectivity index (χ4v) is 0.858. The molecular weight excluding hydrogens is 200 g/mol. The zero-order valence-electron chi connectivity index (χ0n) is 5.21. The first kappa shape index (κ1) is 7.27. The van der Waals surface area contributed by atoms with Crippen LogP contribution in [0.5, 0.6) is 0 Å². The molecule has 1 rings (SSSR count). The van der Waals surface area contributed by atoms with Gasteiger partial charge in [0.05, 0.1) is 6.20 Å². The molecule has 4 nitrogen and oxygen atoms in total. The normalized spacial score (nSPS) is 9.80. The van der Waals surface area contributed by atoms with Gasteiger partial charge in [0.25, 0.3) is 0 Å². The third-order valence-corrected chi connectivity index (χ3v) is 1.86. The number of halogens is 1. The monoisotopic (exact) mass is 204 g/mol. The van der Waals surface area contributed by atoms with Crippen molar-refractivity contribution in [3.05, 3.63) is 16.6 Å². The van der Waals surface area contributed by atoms with E-state index in [2.05, 4.69) is 20.9 Å². The second-order valence-corrected chi connectivity index (χ2v) is 2.58. The summed E-state index contributed by atoms with van der Waals surface area (Å²) in [5.41, 5.74) is 0. The SMILES string of the molecule is Cn1c(Br)cnc1C(=O)O. The molecule has 0 saturated carbocycles. The zero-order chi connectivity index (χ0) is 7.72. The lowest BCUT2D eigenvalue weighted by Crippen LogP contribution is -2.05. The summed E-state index contributed by atoms with van der Waals surface area (Å²) < 4.78 is 2.10. The van der Waals surface area contributed by atoms with E-state index in [1.54, 1.807) is 7.05 Å². The van der Waals surface area contributed by atoms with Crippen molar-refractivity contribution in [2.45, 2.75) is 0 Å². The van der Waals surface area contributed by atoms with E-state index in [-0.39, 0.29) is 5.82 Å². The molecule has 54 valence electrons. The van der Waals surface area contributed by atoms with Gasteiger partial charge < -0.3 is 9.67 Å². The number of nitrogens with zero attached hydrogens (tertiary/aromatic N) is 2. The second kappa shape index (κ2) is 2.42. The van der Waals surface area contributed by atoms with Crippen molar-refractivity contribution in [2.24, 2.45) is 7.05 Å². The third-order valence-electron chi connectivity index (χ3n) is 1.12. The summed E-state index contributed by atoms with van der Waals surface area (Å²) in [5, 5.41) is 8.47. The lowest BCUT2D eigenvalue weighted by atomic mass is 10.6. The summed E-state index contributed by atoms with van der Waals surface area (Å²) in [7, 11) is 1.63. The lowest BCUT2D eigenvalue weighted by Gasteiger charge is -1.94. The largest absolute Gasteiger partial charge is 0.475 e. The van der Waals surface area contributed by atoms with Gasteiger partial charge in [0, 0.05) is 7.05 Å². The minimum absolute atomic E-state index is 0.0341. The summed E-state index contributed by atoms with van der Waals surface area (Å²) in [6, 6.07) is 0. The summed E-state index contributed by atoms with van der Waals surface area (Å²) in [4.78, 5) is 14.0. The van der Waals surface area contributed by atoms with Gasteiger partial charge in [-0.3, -0.25) is 0 Å². The maximum Gasteiger partial charge on any atom is 0.372 e. The molecule has 0 amide bonds. The van der Waals surface area contributed by atoms with E-state index in [1.807, 2.05) is 0 Å². The molecule has 0 aliphatic carbocycles. The number of carboxylic acid groups (broad SMARTS) is 1. The Hall–Kier alpha value is -0.840. The van der Waals surface area contributed by atoms with Crippen LogP contribution in [0, 0.1) is 0 Å². The quantitative estimate of drug-likeness (QED) is 0.740. The lowest BCUT2D eigenvalue weighted by molar-refractivity contribution is 0.0679. The van der Waals surface area contributed by atoms with Crippen molar-refractivity contribution in [3.8, 4) is 0 Å². The standard InChI is InChI=1S/C5H5BrN2O2/c1-8-3(6)2-7-4(8)5(9)10/h2H,1H3,(H,9,10). The number of carboxylic acids is 1. The molecule has 1 aromatic heterocycles. The number of rotatable bonds is 1. The highest BCUT2D eigenvalue weighted by molar-refractivity contribution is 9.10. The molecule has 0 aliphatic rings. The molecule has 0 saturated heterocycles. The minimum atomic E-state index is -1.02. The Balaban J connectivity index is 3.17. The van der Waals surface area contributed by atoms with E-state index in [0.717, 1.165) is 0 Å². The summed E-state index contributed by atoms with van der Waals surface area (Å²) >= 11 is 3.12. The number of hydrogen-bond donors (Lipinski definition) is 1. The minimum Gasteiger partial charge on any atom is -0.475 e. The van der Waals surface area contributed by atoms with Crippen molar-refractivity contribution in [1.29, 1.82) is 0 Å². The Morgan fingerprint density at radius 2 is 2.50 bits per heavy atom. The average molecular weight is 205 g/mol. The van der Waals surface area contributed by atoms with Crippen LogP contribution in [0.1, 0.15) is 10.6 Å². The van der Waals surface area contributed by atoms with Crippen LogP contribution in [0.4, 0.5) is 0 Å². The molecule has 0 bridgehead atoms. The van der Waals surface area contributed by atoms with Crippen molar-refractivity contribution in [2.75, 3.05) is 0 Å². The van der Waals surface area contributed by atoms with Crippen LogP contribution in [-0.2, 0) is 7.05 Å². The fraction of sp³-hybridized carbons (Fsp3) is 0.200. The Kier molecular flexibility index (Phi) is 1.76. The van der Waals surface area contributed by atoms with Gasteiger partial charge >= 0.3 is 5.97 Å². The molecule has 0 fully saturated rings. The van der Waals surface area contributed by atoms with Crippen LogP contribution in [0.15, 0.2) is 10.8 Å². The van der Waals surface area contributed by atoms with Crippen LogP contribution in [0.2, 0.25) is 0 Å². The molecule has 0 radical (unpaired) electrons.